The van der Waals surface area contributed by atoms with Crippen molar-refractivity contribution in [3.05, 3.63) is 0 Å². The summed E-state index contributed by atoms with van der Waals surface area (Å²) in [6.45, 7) is 4.92. The van der Waals surface area contributed by atoms with E-state index in [0.29, 0.717) is 25.7 Å². The van der Waals surface area contributed by atoms with Crippen LogP contribution in [0.4, 0.5) is 0 Å². The molecule has 0 aliphatic heterocycles. The highest BCUT2D eigenvalue weighted by Crippen LogP contribution is 2.45. The number of esters is 4. The van der Waals surface area contributed by atoms with Gasteiger partial charge in [-0.05, 0) is 25.7 Å². The zero-order valence-corrected chi connectivity index (χ0v) is 62.0. The Morgan fingerprint density at radius 3 is 0.634 bits per heavy atom. The van der Waals surface area contributed by atoms with E-state index in [-0.39, 0.29) is 25.7 Å². The van der Waals surface area contributed by atoms with Crippen LogP contribution in [-0.4, -0.2) is 96.7 Å². The molecule has 0 saturated heterocycles. The van der Waals surface area contributed by atoms with Crippen molar-refractivity contribution in [2.24, 2.45) is 0 Å². The van der Waals surface area contributed by atoms with Gasteiger partial charge in [0.05, 0.1) is 26.4 Å². The maximum atomic E-state index is 13.1. The van der Waals surface area contributed by atoms with E-state index in [1.54, 1.807) is 0 Å². The number of unbranched alkanes of at least 4 members (excludes halogenated alkanes) is 49. The highest BCUT2D eigenvalue weighted by atomic mass is 31.2. The quantitative estimate of drug-likeness (QED) is 0.0222. The number of phosphoric acid groups is 2. The van der Waals surface area contributed by atoms with Crippen LogP contribution in [0.1, 0.15) is 394 Å². The Morgan fingerprint density at radius 1 is 0.258 bits per heavy atom. The lowest BCUT2D eigenvalue weighted by molar-refractivity contribution is -0.161. The van der Waals surface area contributed by atoms with Crippen LogP contribution in [0.3, 0.4) is 0 Å². The van der Waals surface area contributed by atoms with Crippen LogP contribution < -0.4 is 0 Å². The van der Waals surface area contributed by atoms with Gasteiger partial charge in [-0.1, -0.05) is 342 Å². The summed E-state index contributed by atoms with van der Waals surface area (Å²) in [6, 6.07) is 0. The Bertz CT molecular complexity index is 1770. The van der Waals surface area contributed by atoms with Crippen LogP contribution in [0.15, 0.2) is 0 Å². The number of carbonyl (C=O) groups is 4. The van der Waals surface area contributed by atoms with E-state index < -0.39 is 97.5 Å². The highest BCUT2D eigenvalue weighted by molar-refractivity contribution is 7.47. The van der Waals surface area contributed by atoms with E-state index >= 15 is 0 Å². The van der Waals surface area contributed by atoms with Gasteiger partial charge in [0.2, 0.25) is 0 Å². The van der Waals surface area contributed by atoms with E-state index in [1.165, 1.54) is 212 Å². The minimum Gasteiger partial charge on any atom is -0.462 e. The molecule has 0 radical (unpaired) electrons. The second kappa shape index (κ2) is 68.6. The number of phosphoric ester groups is 2. The van der Waals surface area contributed by atoms with Crippen molar-refractivity contribution in [3.63, 3.8) is 0 Å². The van der Waals surface area contributed by atoms with Crippen molar-refractivity contribution in [3.8, 4) is 0 Å². The Morgan fingerprint density at radius 2 is 0.430 bits per heavy atom. The molecule has 0 aromatic carbocycles. The molecule has 3 N–H and O–H groups in total. The van der Waals surface area contributed by atoms with Gasteiger partial charge in [0.25, 0.3) is 0 Å². The summed E-state index contributed by atoms with van der Waals surface area (Å²) in [4.78, 5) is 72.5. The highest BCUT2D eigenvalue weighted by Gasteiger charge is 2.30. The first kappa shape index (κ1) is 91.1. The van der Waals surface area contributed by atoms with Gasteiger partial charge in [-0.2, -0.15) is 0 Å². The molecule has 0 heterocycles. The van der Waals surface area contributed by atoms with Crippen LogP contribution in [-0.2, 0) is 65.4 Å². The van der Waals surface area contributed by atoms with Gasteiger partial charge in [0.1, 0.15) is 19.3 Å². The van der Waals surface area contributed by atoms with Crippen molar-refractivity contribution >= 4 is 39.5 Å². The molecule has 0 rings (SSSR count). The van der Waals surface area contributed by atoms with E-state index in [9.17, 15) is 43.2 Å². The summed E-state index contributed by atoms with van der Waals surface area (Å²) >= 11 is 0. The van der Waals surface area contributed by atoms with E-state index in [2.05, 4.69) is 27.7 Å². The summed E-state index contributed by atoms with van der Waals surface area (Å²) in [7, 11) is -9.90. The maximum Gasteiger partial charge on any atom is 0.472 e. The molecule has 19 heteroatoms. The summed E-state index contributed by atoms with van der Waals surface area (Å²) in [5.41, 5.74) is 0. The molecule has 2 unspecified atom stereocenters. The molecule has 0 aromatic rings. The van der Waals surface area contributed by atoms with Crippen LogP contribution >= 0.6 is 15.6 Å². The Kier molecular flexibility index (Phi) is 67.1. The molecule has 17 nitrogen and oxygen atoms in total. The first-order valence-corrected chi connectivity index (χ1v) is 41.8. The zero-order valence-electron chi connectivity index (χ0n) is 60.2. The zero-order chi connectivity index (χ0) is 68.2. The second-order valence-corrected chi connectivity index (χ2v) is 29.6. The van der Waals surface area contributed by atoms with Gasteiger partial charge in [-0.3, -0.25) is 37.3 Å². The van der Waals surface area contributed by atoms with Crippen molar-refractivity contribution < 1.29 is 80.2 Å². The van der Waals surface area contributed by atoms with Crippen LogP contribution in [0.25, 0.3) is 0 Å². The molecule has 0 fully saturated rings. The van der Waals surface area contributed by atoms with Crippen LogP contribution in [0.5, 0.6) is 0 Å². The largest absolute Gasteiger partial charge is 0.472 e. The number of rotatable bonds is 75. The molecule has 0 spiro atoms. The summed E-state index contributed by atoms with van der Waals surface area (Å²) in [5, 5.41) is 10.6. The number of aliphatic hydroxyl groups excluding tert-OH is 1. The molecular formula is C74H144O17P2. The fourth-order valence-corrected chi connectivity index (χ4v) is 13.0. The summed E-state index contributed by atoms with van der Waals surface area (Å²) in [5.74, 6) is -2.12. The minimum atomic E-state index is -4.95. The van der Waals surface area contributed by atoms with Gasteiger partial charge < -0.3 is 33.8 Å². The predicted octanol–water partition coefficient (Wildman–Crippen LogP) is 21.8. The molecule has 552 valence electrons. The third-order valence-electron chi connectivity index (χ3n) is 17.4. The standard InChI is InChI=1S/C74H144O17P2/c1-5-9-13-17-21-24-27-29-31-32-33-34-35-36-38-40-42-45-49-53-57-61-74(79)91-70(65-85-72(77)59-55-51-47-44-41-39-37-30-28-25-22-18-14-10-6-2)67-89-93(82,83)87-63-68(75)62-86-92(80,81)88-66-69(64-84-71(76)58-54-50-46-20-16-12-8-4)90-73(78)60-56-52-48-43-26-23-19-15-11-7-3/h68-70,75H,5-67H2,1-4H3,(H,80,81)(H,82,83)/t68-,69+,70+/m0/s1. The minimum absolute atomic E-state index is 0.107. The lowest BCUT2D eigenvalue weighted by Gasteiger charge is -2.21. The number of carbonyl (C=O) groups excluding carboxylic acids is 4. The molecule has 0 saturated carbocycles. The second-order valence-electron chi connectivity index (χ2n) is 26.7. The predicted molar refractivity (Wildman–Crippen MR) is 377 cm³/mol. The summed E-state index contributed by atoms with van der Waals surface area (Å²) < 4.78 is 68.3. The van der Waals surface area contributed by atoms with Gasteiger partial charge in [0, 0.05) is 25.7 Å². The third-order valence-corrected chi connectivity index (χ3v) is 19.3. The molecule has 0 aromatic heterocycles. The Hall–Kier alpha value is -1.94. The summed E-state index contributed by atoms with van der Waals surface area (Å²) in [6.07, 6.45) is 58.5. The molecule has 0 bridgehead atoms. The molecular weight excluding hydrogens is 1220 g/mol. The van der Waals surface area contributed by atoms with E-state index in [0.717, 1.165) is 103 Å². The normalized spacial score (nSPS) is 13.9. The Balaban J connectivity index is 5.14. The van der Waals surface area contributed by atoms with Gasteiger partial charge in [-0.15, -0.1) is 0 Å². The molecule has 5 atom stereocenters. The van der Waals surface area contributed by atoms with Crippen molar-refractivity contribution in [1.29, 1.82) is 0 Å². The molecule has 93 heavy (non-hydrogen) atoms. The van der Waals surface area contributed by atoms with Crippen LogP contribution in [0, 0.1) is 0 Å². The fraction of sp³-hybridized carbons (Fsp3) is 0.946. The number of hydrogen-bond acceptors (Lipinski definition) is 15. The van der Waals surface area contributed by atoms with Crippen molar-refractivity contribution in [1.82, 2.24) is 0 Å². The lowest BCUT2D eigenvalue weighted by Crippen LogP contribution is -2.30. The first-order chi connectivity index (χ1) is 45.2. The van der Waals surface area contributed by atoms with E-state index in [1.807, 2.05) is 0 Å². The molecule has 0 aliphatic rings. The monoisotopic (exact) mass is 1370 g/mol. The average molecular weight is 1370 g/mol. The molecule has 0 aliphatic carbocycles. The maximum absolute atomic E-state index is 13.1. The third kappa shape index (κ3) is 68.4. The number of ether oxygens (including phenoxy) is 4. The SMILES string of the molecule is CCCCCCCCCCCCCCCCCCCCCCCC(=O)O[C@H](COC(=O)CCCCCCCCCCCCCCCCC)COP(=O)(O)OC[C@@H](O)COP(=O)(O)OC[C@@H](COC(=O)CCCCCCCCC)OC(=O)CCCCCCCCCCCC. The number of aliphatic hydroxyl groups is 1. The van der Waals surface area contributed by atoms with Crippen LogP contribution in [0.2, 0.25) is 0 Å². The lowest BCUT2D eigenvalue weighted by atomic mass is 10.0. The van der Waals surface area contributed by atoms with E-state index in [4.69, 9.17) is 37.0 Å². The Labute approximate surface area is 568 Å². The fourth-order valence-electron chi connectivity index (χ4n) is 11.4. The average Bonchev–Trinajstić information content (AvgIpc) is 3.17. The topological polar surface area (TPSA) is 237 Å². The van der Waals surface area contributed by atoms with Gasteiger partial charge >= 0.3 is 39.5 Å². The smallest absolute Gasteiger partial charge is 0.462 e. The van der Waals surface area contributed by atoms with Gasteiger partial charge in [0.15, 0.2) is 12.2 Å². The van der Waals surface area contributed by atoms with Gasteiger partial charge in [-0.25, -0.2) is 9.13 Å². The number of hydrogen-bond donors (Lipinski definition) is 3. The first-order valence-electron chi connectivity index (χ1n) is 38.8. The molecule has 0 amide bonds. The van der Waals surface area contributed by atoms with Crippen molar-refractivity contribution in [2.75, 3.05) is 39.6 Å². The van der Waals surface area contributed by atoms with Crippen molar-refractivity contribution in [2.45, 2.75) is 412 Å².